The smallest absolute Gasteiger partial charge is 0.168 e. The van der Waals surface area contributed by atoms with E-state index in [4.69, 9.17) is 0 Å². The number of nitrogens with zero attached hydrogens (tertiary/aromatic N) is 2. The molecular formula is C12H9FN2O. The molecule has 16 heavy (non-hydrogen) atoms. The average Bonchev–Trinajstić information content (AvgIpc) is 2.30. The zero-order valence-corrected chi connectivity index (χ0v) is 8.43. The van der Waals surface area contributed by atoms with Crippen LogP contribution in [0.25, 0.3) is 0 Å². The number of hydrogen-bond acceptors (Lipinski definition) is 3. The molecule has 0 amide bonds. The van der Waals surface area contributed by atoms with Crippen LogP contribution in [0.3, 0.4) is 0 Å². The first kappa shape index (κ1) is 10.4. The Morgan fingerprint density at radius 1 is 1.31 bits per heavy atom. The minimum Gasteiger partial charge on any atom is -0.294 e. The Balaban J connectivity index is 2.15. The van der Waals surface area contributed by atoms with E-state index in [0.717, 1.165) is 0 Å². The molecule has 0 saturated heterocycles. The maximum Gasteiger partial charge on any atom is 0.168 e. The van der Waals surface area contributed by atoms with Gasteiger partial charge in [0.1, 0.15) is 12.1 Å². The molecular weight excluding hydrogens is 207 g/mol. The van der Waals surface area contributed by atoms with Gasteiger partial charge in [0.05, 0.1) is 12.1 Å². The van der Waals surface area contributed by atoms with Crippen LogP contribution < -0.4 is 0 Å². The third kappa shape index (κ3) is 2.48. The summed E-state index contributed by atoms with van der Waals surface area (Å²) in [6, 6.07) is 7.30. The van der Waals surface area contributed by atoms with Crippen molar-refractivity contribution in [3.63, 3.8) is 0 Å². The van der Waals surface area contributed by atoms with E-state index in [0.29, 0.717) is 11.3 Å². The molecule has 0 fully saturated rings. The largest absolute Gasteiger partial charge is 0.294 e. The van der Waals surface area contributed by atoms with E-state index in [9.17, 15) is 9.18 Å². The molecule has 4 heteroatoms. The topological polar surface area (TPSA) is 42.9 Å². The summed E-state index contributed by atoms with van der Waals surface area (Å²) in [4.78, 5) is 19.4. The van der Waals surface area contributed by atoms with E-state index in [-0.39, 0.29) is 12.2 Å². The second-order valence-corrected chi connectivity index (χ2v) is 3.31. The second-order valence-electron chi connectivity index (χ2n) is 3.31. The fourth-order valence-corrected chi connectivity index (χ4v) is 1.35. The molecule has 0 N–H and O–H groups in total. The third-order valence-corrected chi connectivity index (χ3v) is 2.13. The lowest BCUT2D eigenvalue weighted by Gasteiger charge is -2.00. The van der Waals surface area contributed by atoms with Crippen LogP contribution in [-0.4, -0.2) is 15.8 Å². The van der Waals surface area contributed by atoms with Crippen molar-refractivity contribution < 1.29 is 9.18 Å². The van der Waals surface area contributed by atoms with Crippen LogP contribution in [0.2, 0.25) is 0 Å². The summed E-state index contributed by atoms with van der Waals surface area (Å²) >= 11 is 0. The van der Waals surface area contributed by atoms with Crippen molar-refractivity contribution in [2.45, 2.75) is 6.42 Å². The lowest BCUT2D eigenvalue weighted by atomic mass is 10.1. The van der Waals surface area contributed by atoms with Crippen molar-refractivity contribution in [1.82, 2.24) is 9.97 Å². The average molecular weight is 216 g/mol. The van der Waals surface area contributed by atoms with Gasteiger partial charge in [-0.15, -0.1) is 0 Å². The first-order valence-electron chi connectivity index (χ1n) is 4.79. The minimum absolute atomic E-state index is 0.154. The van der Waals surface area contributed by atoms with Gasteiger partial charge in [0, 0.05) is 11.8 Å². The first-order chi connectivity index (χ1) is 7.75. The Hall–Kier alpha value is -2.10. The standard InChI is InChI=1S/C12H9FN2O/c13-10-3-1-2-9(6-10)12(16)7-11-4-5-14-8-15-11/h1-6,8H,7H2. The maximum atomic E-state index is 12.9. The molecule has 1 aromatic heterocycles. The van der Waals surface area contributed by atoms with Crippen LogP contribution in [0.15, 0.2) is 42.9 Å². The monoisotopic (exact) mass is 216 g/mol. The Morgan fingerprint density at radius 2 is 2.19 bits per heavy atom. The van der Waals surface area contributed by atoms with Gasteiger partial charge < -0.3 is 0 Å². The number of hydrogen-bond donors (Lipinski definition) is 0. The lowest BCUT2D eigenvalue weighted by Crippen LogP contribution is -2.05. The fourth-order valence-electron chi connectivity index (χ4n) is 1.35. The number of rotatable bonds is 3. The van der Waals surface area contributed by atoms with Gasteiger partial charge >= 0.3 is 0 Å². The van der Waals surface area contributed by atoms with Crippen LogP contribution in [0.5, 0.6) is 0 Å². The highest BCUT2D eigenvalue weighted by atomic mass is 19.1. The van der Waals surface area contributed by atoms with Gasteiger partial charge in [-0.1, -0.05) is 12.1 Å². The molecule has 1 aromatic carbocycles. The fraction of sp³-hybridized carbons (Fsp3) is 0.0833. The van der Waals surface area contributed by atoms with Crippen molar-refractivity contribution in [1.29, 1.82) is 0 Å². The SMILES string of the molecule is O=C(Cc1ccncn1)c1cccc(F)c1. The number of benzene rings is 1. The Bertz CT molecular complexity index is 499. The molecule has 1 heterocycles. The van der Waals surface area contributed by atoms with Gasteiger partial charge in [-0.2, -0.15) is 0 Å². The van der Waals surface area contributed by atoms with E-state index in [2.05, 4.69) is 9.97 Å². The number of carbonyl (C=O) groups is 1. The van der Waals surface area contributed by atoms with Crippen molar-refractivity contribution >= 4 is 5.78 Å². The van der Waals surface area contributed by atoms with E-state index in [1.807, 2.05) is 0 Å². The number of carbonyl (C=O) groups excluding carboxylic acids is 1. The van der Waals surface area contributed by atoms with E-state index < -0.39 is 5.82 Å². The van der Waals surface area contributed by atoms with E-state index in [1.54, 1.807) is 18.3 Å². The molecule has 0 bridgehead atoms. The van der Waals surface area contributed by atoms with Crippen LogP contribution in [-0.2, 0) is 6.42 Å². The lowest BCUT2D eigenvalue weighted by molar-refractivity contribution is 0.0991. The van der Waals surface area contributed by atoms with Crippen molar-refractivity contribution in [2.24, 2.45) is 0 Å². The molecule has 80 valence electrons. The number of ketones is 1. The summed E-state index contributed by atoms with van der Waals surface area (Å²) < 4.78 is 12.9. The van der Waals surface area contributed by atoms with Gasteiger partial charge in [0.15, 0.2) is 5.78 Å². The predicted octanol–water partition coefficient (Wildman–Crippen LogP) is 2.04. The summed E-state index contributed by atoms with van der Waals surface area (Å²) in [7, 11) is 0. The Labute approximate surface area is 92.0 Å². The highest BCUT2D eigenvalue weighted by Crippen LogP contribution is 2.07. The zero-order valence-electron chi connectivity index (χ0n) is 8.43. The zero-order chi connectivity index (χ0) is 11.4. The van der Waals surface area contributed by atoms with Gasteiger partial charge in [0.2, 0.25) is 0 Å². The highest BCUT2D eigenvalue weighted by Gasteiger charge is 2.08. The highest BCUT2D eigenvalue weighted by molar-refractivity contribution is 5.97. The van der Waals surface area contributed by atoms with Gasteiger partial charge in [-0.3, -0.25) is 4.79 Å². The molecule has 0 radical (unpaired) electrons. The minimum atomic E-state index is -0.409. The molecule has 0 unspecified atom stereocenters. The molecule has 2 aromatic rings. The Kier molecular flexibility index (Phi) is 3.00. The van der Waals surface area contributed by atoms with Crippen LogP contribution in [0, 0.1) is 5.82 Å². The van der Waals surface area contributed by atoms with E-state index in [1.165, 1.54) is 24.5 Å². The predicted molar refractivity (Wildman–Crippen MR) is 56.5 cm³/mol. The quantitative estimate of drug-likeness (QED) is 0.737. The molecule has 0 aliphatic rings. The third-order valence-electron chi connectivity index (χ3n) is 2.13. The van der Waals surface area contributed by atoms with Crippen LogP contribution >= 0.6 is 0 Å². The van der Waals surface area contributed by atoms with Crippen LogP contribution in [0.1, 0.15) is 16.1 Å². The first-order valence-corrected chi connectivity index (χ1v) is 4.79. The number of aromatic nitrogens is 2. The maximum absolute atomic E-state index is 12.9. The van der Waals surface area contributed by atoms with Gasteiger partial charge in [-0.25, -0.2) is 14.4 Å². The van der Waals surface area contributed by atoms with Crippen molar-refractivity contribution in [3.8, 4) is 0 Å². The molecule has 2 rings (SSSR count). The summed E-state index contributed by atoms with van der Waals surface area (Å²) in [6.45, 7) is 0. The molecule has 0 aliphatic heterocycles. The Morgan fingerprint density at radius 3 is 2.88 bits per heavy atom. The van der Waals surface area contributed by atoms with E-state index >= 15 is 0 Å². The molecule has 0 spiro atoms. The molecule has 0 aliphatic carbocycles. The summed E-state index contributed by atoms with van der Waals surface area (Å²) in [5.41, 5.74) is 0.989. The second kappa shape index (κ2) is 4.61. The number of halogens is 1. The summed E-state index contributed by atoms with van der Waals surface area (Å²) in [6.07, 6.45) is 3.11. The molecule has 0 atom stereocenters. The van der Waals surface area contributed by atoms with Crippen LogP contribution in [0.4, 0.5) is 4.39 Å². The summed E-state index contributed by atoms with van der Waals surface area (Å²) in [5.74, 6) is -0.563. The number of Topliss-reactive ketones (excluding diaryl/α,β-unsaturated/α-hetero) is 1. The van der Waals surface area contributed by atoms with Gasteiger partial charge in [-0.05, 0) is 18.2 Å². The van der Waals surface area contributed by atoms with Gasteiger partial charge in [0.25, 0.3) is 0 Å². The van der Waals surface area contributed by atoms with Crippen molar-refractivity contribution in [2.75, 3.05) is 0 Å². The summed E-state index contributed by atoms with van der Waals surface area (Å²) in [5, 5.41) is 0. The molecule has 0 saturated carbocycles. The molecule has 3 nitrogen and oxygen atoms in total. The van der Waals surface area contributed by atoms with Crippen molar-refractivity contribution in [3.05, 3.63) is 59.9 Å². The normalized spacial score (nSPS) is 10.1.